The Labute approximate surface area is 164 Å². The van der Waals surface area contributed by atoms with Crippen LogP contribution in [0.2, 0.25) is 0 Å². The molecule has 0 saturated carbocycles. The third-order valence-electron chi connectivity index (χ3n) is 4.44. The summed E-state index contributed by atoms with van der Waals surface area (Å²) < 4.78 is 1.85. The molecule has 146 valence electrons. The zero-order chi connectivity index (χ0) is 19.9. The van der Waals surface area contributed by atoms with Crippen LogP contribution in [-0.4, -0.2) is 46.8 Å². The van der Waals surface area contributed by atoms with Crippen molar-refractivity contribution in [2.75, 3.05) is 27.2 Å². The maximum absolute atomic E-state index is 10.9. The van der Waals surface area contributed by atoms with E-state index in [2.05, 4.69) is 24.3 Å². The van der Waals surface area contributed by atoms with Crippen molar-refractivity contribution in [3.8, 4) is 16.9 Å². The van der Waals surface area contributed by atoms with Gasteiger partial charge in [-0.05, 0) is 57.9 Å². The number of benzene rings is 2. The highest BCUT2D eigenvalue weighted by Gasteiger charge is 2.14. The quantitative estimate of drug-likeness (QED) is 0.350. The van der Waals surface area contributed by atoms with E-state index in [1.807, 2.05) is 41.2 Å². The van der Waals surface area contributed by atoms with Crippen molar-refractivity contribution in [3.05, 3.63) is 76.5 Å². The van der Waals surface area contributed by atoms with Crippen LogP contribution in [0.3, 0.4) is 0 Å². The zero-order valence-corrected chi connectivity index (χ0v) is 16.2. The Bertz CT molecular complexity index is 904. The van der Waals surface area contributed by atoms with E-state index in [-0.39, 0.29) is 10.6 Å². The Kier molecular flexibility index (Phi) is 6.52. The zero-order valence-electron chi connectivity index (χ0n) is 16.2. The number of aromatic nitrogens is 2. The van der Waals surface area contributed by atoms with Gasteiger partial charge in [-0.3, -0.25) is 10.1 Å². The van der Waals surface area contributed by atoms with E-state index in [1.54, 1.807) is 12.1 Å². The molecular formula is C21H25N5O2. The molecule has 7 nitrogen and oxygen atoms in total. The lowest BCUT2D eigenvalue weighted by atomic mass is 10.1. The van der Waals surface area contributed by atoms with Gasteiger partial charge in [0.15, 0.2) is 0 Å². The number of para-hydroxylation sites is 1. The molecule has 0 radical (unpaired) electrons. The third-order valence-corrected chi connectivity index (χ3v) is 4.44. The number of non-ortho nitro benzene ring substituents is 1. The summed E-state index contributed by atoms with van der Waals surface area (Å²) in [6.45, 7) is 2.63. The van der Waals surface area contributed by atoms with Gasteiger partial charge < -0.3 is 10.2 Å². The van der Waals surface area contributed by atoms with E-state index in [1.165, 1.54) is 12.1 Å². The molecule has 0 aliphatic heterocycles. The molecule has 28 heavy (non-hydrogen) atoms. The van der Waals surface area contributed by atoms with E-state index in [4.69, 9.17) is 5.10 Å². The predicted octanol–water partition coefficient (Wildman–Crippen LogP) is 3.49. The Morgan fingerprint density at radius 3 is 2.46 bits per heavy atom. The van der Waals surface area contributed by atoms with Crippen molar-refractivity contribution < 1.29 is 4.92 Å². The van der Waals surface area contributed by atoms with Crippen molar-refractivity contribution in [1.82, 2.24) is 20.0 Å². The standard InChI is InChI=1S/C21H25N5O2/c1-24(2)14-6-13-22-15-18-16-25(19-7-4-3-5-8-19)23-21(18)17-9-11-20(12-10-17)26(27)28/h3-5,7-12,16,22H,6,13-15H2,1-2H3. The number of hydrogen-bond donors (Lipinski definition) is 1. The first-order valence-electron chi connectivity index (χ1n) is 9.29. The summed E-state index contributed by atoms with van der Waals surface area (Å²) in [4.78, 5) is 12.7. The highest BCUT2D eigenvalue weighted by Crippen LogP contribution is 2.25. The summed E-state index contributed by atoms with van der Waals surface area (Å²) in [5, 5.41) is 19.2. The fourth-order valence-electron chi connectivity index (χ4n) is 2.98. The minimum atomic E-state index is -0.389. The molecule has 1 heterocycles. The van der Waals surface area contributed by atoms with Crippen LogP contribution in [0.15, 0.2) is 60.8 Å². The number of rotatable bonds is 9. The lowest BCUT2D eigenvalue weighted by Gasteiger charge is -2.09. The largest absolute Gasteiger partial charge is 0.312 e. The third kappa shape index (κ3) is 5.03. The smallest absolute Gasteiger partial charge is 0.269 e. The molecule has 0 aliphatic carbocycles. The van der Waals surface area contributed by atoms with Gasteiger partial charge in [-0.15, -0.1) is 0 Å². The van der Waals surface area contributed by atoms with Crippen LogP contribution in [-0.2, 0) is 6.54 Å². The molecular weight excluding hydrogens is 354 g/mol. The number of nitro benzene ring substituents is 1. The molecule has 0 spiro atoms. The van der Waals surface area contributed by atoms with Gasteiger partial charge in [-0.1, -0.05) is 18.2 Å². The Morgan fingerprint density at radius 2 is 1.82 bits per heavy atom. The Hall–Kier alpha value is -3.03. The summed E-state index contributed by atoms with van der Waals surface area (Å²) in [5.41, 5.74) is 3.81. The van der Waals surface area contributed by atoms with E-state index < -0.39 is 0 Å². The molecule has 0 fully saturated rings. The van der Waals surface area contributed by atoms with Gasteiger partial charge >= 0.3 is 0 Å². The van der Waals surface area contributed by atoms with Crippen LogP contribution in [0.4, 0.5) is 5.69 Å². The number of nitro groups is 1. The molecule has 0 aliphatic rings. The number of hydrogen-bond acceptors (Lipinski definition) is 5. The maximum atomic E-state index is 10.9. The second-order valence-electron chi connectivity index (χ2n) is 6.92. The molecule has 0 unspecified atom stereocenters. The topological polar surface area (TPSA) is 76.2 Å². The molecule has 2 aromatic carbocycles. The normalized spacial score (nSPS) is 11.1. The van der Waals surface area contributed by atoms with Crippen LogP contribution >= 0.6 is 0 Å². The van der Waals surface area contributed by atoms with E-state index >= 15 is 0 Å². The Balaban J connectivity index is 1.83. The number of nitrogens with one attached hydrogen (secondary N) is 1. The van der Waals surface area contributed by atoms with Gasteiger partial charge in [-0.2, -0.15) is 5.10 Å². The van der Waals surface area contributed by atoms with Crippen molar-refractivity contribution in [2.24, 2.45) is 0 Å². The number of nitrogens with zero attached hydrogens (tertiary/aromatic N) is 4. The van der Waals surface area contributed by atoms with Gasteiger partial charge in [0.1, 0.15) is 0 Å². The average Bonchev–Trinajstić information content (AvgIpc) is 3.12. The second-order valence-corrected chi connectivity index (χ2v) is 6.92. The fourth-order valence-corrected chi connectivity index (χ4v) is 2.98. The Morgan fingerprint density at radius 1 is 1.11 bits per heavy atom. The molecule has 1 aromatic heterocycles. The molecule has 3 rings (SSSR count). The van der Waals surface area contributed by atoms with Gasteiger partial charge in [0, 0.05) is 36.0 Å². The van der Waals surface area contributed by atoms with Crippen LogP contribution in [0.1, 0.15) is 12.0 Å². The summed E-state index contributed by atoms with van der Waals surface area (Å²) in [5.74, 6) is 0. The van der Waals surface area contributed by atoms with Gasteiger partial charge in [0.2, 0.25) is 0 Å². The van der Waals surface area contributed by atoms with Crippen LogP contribution < -0.4 is 5.32 Å². The minimum absolute atomic E-state index is 0.0783. The highest BCUT2D eigenvalue weighted by molar-refractivity contribution is 5.64. The summed E-state index contributed by atoms with van der Waals surface area (Å²) >= 11 is 0. The molecule has 0 amide bonds. The van der Waals surface area contributed by atoms with Gasteiger partial charge in [0.25, 0.3) is 5.69 Å². The average molecular weight is 379 g/mol. The van der Waals surface area contributed by atoms with Crippen molar-refractivity contribution in [3.63, 3.8) is 0 Å². The summed E-state index contributed by atoms with van der Waals surface area (Å²) in [7, 11) is 4.13. The first-order chi connectivity index (χ1) is 13.5. The van der Waals surface area contributed by atoms with Crippen molar-refractivity contribution >= 4 is 5.69 Å². The molecule has 1 N–H and O–H groups in total. The fraction of sp³-hybridized carbons (Fsp3) is 0.286. The van der Waals surface area contributed by atoms with Crippen molar-refractivity contribution in [1.29, 1.82) is 0 Å². The molecule has 3 aromatic rings. The summed E-state index contributed by atoms with van der Waals surface area (Å²) in [6, 6.07) is 16.5. The van der Waals surface area contributed by atoms with Gasteiger partial charge in [-0.25, -0.2) is 4.68 Å². The van der Waals surface area contributed by atoms with Gasteiger partial charge in [0.05, 0.1) is 16.3 Å². The van der Waals surface area contributed by atoms with Crippen LogP contribution in [0.5, 0.6) is 0 Å². The van der Waals surface area contributed by atoms with E-state index in [0.29, 0.717) is 6.54 Å². The van der Waals surface area contributed by atoms with Crippen LogP contribution in [0.25, 0.3) is 16.9 Å². The van der Waals surface area contributed by atoms with Crippen LogP contribution in [0, 0.1) is 10.1 Å². The molecule has 0 atom stereocenters. The van der Waals surface area contributed by atoms with Crippen molar-refractivity contribution in [2.45, 2.75) is 13.0 Å². The lowest BCUT2D eigenvalue weighted by Crippen LogP contribution is -2.21. The van der Waals surface area contributed by atoms with E-state index in [0.717, 1.165) is 42.0 Å². The predicted molar refractivity (Wildman–Crippen MR) is 111 cm³/mol. The first-order valence-corrected chi connectivity index (χ1v) is 9.29. The molecule has 0 bridgehead atoms. The lowest BCUT2D eigenvalue weighted by molar-refractivity contribution is -0.384. The van der Waals surface area contributed by atoms with E-state index in [9.17, 15) is 10.1 Å². The minimum Gasteiger partial charge on any atom is -0.312 e. The highest BCUT2D eigenvalue weighted by atomic mass is 16.6. The molecule has 0 saturated heterocycles. The monoisotopic (exact) mass is 379 g/mol. The maximum Gasteiger partial charge on any atom is 0.269 e. The SMILES string of the molecule is CN(C)CCCNCc1cn(-c2ccccc2)nc1-c1ccc([N+](=O)[O-])cc1. The first kappa shape index (κ1) is 19.7. The summed E-state index contributed by atoms with van der Waals surface area (Å²) in [6.07, 6.45) is 3.08. The second kappa shape index (κ2) is 9.25. The molecule has 7 heteroatoms.